The molecule has 1 fully saturated rings. The lowest BCUT2D eigenvalue weighted by atomic mass is 9.95. The number of carbonyl (C=O) groups excluding carboxylic acids is 1. The highest BCUT2D eigenvalue weighted by Gasteiger charge is 2.46. The van der Waals surface area contributed by atoms with Crippen molar-refractivity contribution >= 4 is 16.8 Å². The summed E-state index contributed by atoms with van der Waals surface area (Å²) in [5.41, 5.74) is 5.02. The van der Waals surface area contributed by atoms with Crippen molar-refractivity contribution in [3.63, 3.8) is 0 Å². The maximum Gasteiger partial charge on any atom is 0.224 e. The highest BCUT2D eigenvalue weighted by molar-refractivity contribution is 5.86. The third kappa shape index (κ3) is 3.07. The molecule has 2 aromatic carbocycles. The number of rotatable bonds is 5. The fourth-order valence-electron chi connectivity index (χ4n) is 3.79. The molecule has 0 unspecified atom stereocenters. The fourth-order valence-corrected chi connectivity index (χ4v) is 3.79. The van der Waals surface area contributed by atoms with Crippen LogP contribution in [-0.4, -0.2) is 17.0 Å². The zero-order chi connectivity index (χ0) is 17.4. The van der Waals surface area contributed by atoms with Gasteiger partial charge in [-0.05, 0) is 37.0 Å². The predicted molar refractivity (Wildman–Crippen MR) is 102 cm³/mol. The SMILES string of the molecule is Cc1cccc(CC(=O)NCC2(c3cn(C)c4ccccc34)CC2)c1. The molecule has 1 aromatic heterocycles. The van der Waals surface area contributed by atoms with Crippen LogP contribution in [0.3, 0.4) is 0 Å². The number of nitrogens with one attached hydrogen (secondary N) is 1. The lowest BCUT2D eigenvalue weighted by molar-refractivity contribution is -0.120. The Labute approximate surface area is 148 Å². The molecule has 1 amide bonds. The second-order valence-electron chi connectivity index (χ2n) is 7.39. The van der Waals surface area contributed by atoms with E-state index in [1.807, 2.05) is 12.1 Å². The molecule has 0 atom stereocenters. The summed E-state index contributed by atoms with van der Waals surface area (Å²) in [7, 11) is 2.10. The standard InChI is InChI=1S/C22H24N2O/c1-16-6-5-7-17(12-16)13-21(25)23-15-22(10-11-22)19-14-24(2)20-9-4-3-8-18(19)20/h3-9,12,14H,10-11,13,15H2,1-2H3,(H,23,25). The van der Waals surface area contributed by atoms with Crippen LogP contribution in [0.1, 0.15) is 29.5 Å². The van der Waals surface area contributed by atoms with E-state index < -0.39 is 0 Å². The summed E-state index contributed by atoms with van der Waals surface area (Å²) in [5, 5.41) is 4.49. The van der Waals surface area contributed by atoms with Gasteiger partial charge in [-0.1, -0.05) is 48.0 Å². The van der Waals surface area contributed by atoms with E-state index in [-0.39, 0.29) is 11.3 Å². The summed E-state index contributed by atoms with van der Waals surface area (Å²) < 4.78 is 2.19. The highest BCUT2D eigenvalue weighted by atomic mass is 16.1. The molecule has 0 spiro atoms. The van der Waals surface area contributed by atoms with Crippen molar-refractivity contribution in [3.05, 3.63) is 71.4 Å². The minimum absolute atomic E-state index is 0.108. The average molecular weight is 332 g/mol. The quantitative estimate of drug-likeness (QED) is 0.756. The molecule has 0 radical (unpaired) electrons. The van der Waals surface area contributed by atoms with Gasteiger partial charge in [0.15, 0.2) is 0 Å². The van der Waals surface area contributed by atoms with Crippen LogP contribution in [0.4, 0.5) is 0 Å². The number of fused-ring (bicyclic) bond motifs is 1. The fraction of sp³-hybridized carbons (Fsp3) is 0.318. The number of aromatic nitrogens is 1. The van der Waals surface area contributed by atoms with Crippen molar-refractivity contribution in [1.82, 2.24) is 9.88 Å². The second-order valence-corrected chi connectivity index (χ2v) is 7.39. The van der Waals surface area contributed by atoms with Gasteiger partial charge < -0.3 is 9.88 Å². The van der Waals surface area contributed by atoms with Crippen molar-refractivity contribution in [2.75, 3.05) is 6.54 Å². The number of amides is 1. The van der Waals surface area contributed by atoms with Crippen LogP contribution in [0, 0.1) is 6.92 Å². The molecule has 0 aliphatic heterocycles. The number of aryl methyl sites for hydroxylation is 2. The highest BCUT2D eigenvalue weighted by Crippen LogP contribution is 2.50. The lowest BCUT2D eigenvalue weighted by Gasteiger charge is -2.16. The third-order valence-electron chi connectivity index (χ3n) is 5.39. The monoisotopic (exact) mass is 332 g/mol. The number of benzene rings is 2. The van der Waals surface area contributed by atoms with Crippen LogP contribution in [0.5, 0.6) is 0 Å². The molecule has 0 saturated heterocycles. The average Bonchev–Trinajstić information content (AvgIpc) is 3.31. The molecular formula is C22H24N2O. The van der Waals surface area contributed by atoms with Crippen LogP contribution < -0.4 is 5.32 Å². The largest absolute Gasteiger partial charge is 0.355 e. The Hall–Kier alpha value is -2.55. The minimum Gasteiger partial charge on any atom is -0.355 e. The van der Waals surface area contributed by atoms with E-state index >= 15 is 0 Å². The number of para-hydroxylation sites is 1. The maximum atomic E-state index is 12.4. The van der Waals surface area contributed by atoms with Crippen molar-refractivity contribution in [2.45, 2.75) is 31.6 Å². The Kier molecular flexibility index (Phi) is 3.87. The van der Waals surface area contributed by atoms with Crippen molar-refractivity contribution in [2.24, 2.45) is 7.05 Å². The molecule has 1 aliphatic carbocycles. The van der Waals surface area contributed by atoms with Crippen molar-refractivity contribution in [3.8, 4) is 0 Å². The Bertz CT molecular complexity index is 934. The number of hydrogen-bond donors (Lipinski definition) is 1. The number of nitrogens with zero attached hydrogens (tertiary/aromatic N) is 1. The molecule has 1 heterocycles. The van der Waals surface area contributed by atoms with Crippen LogP contribution in [0.2, 0.25) is 0 Å². The number of hydrogen-bond acceptors (Lipinski definition) is 1. The molecule has 25 heavy (non-hydrogen) atoms. The second kappa shape index (κ2) is 6.07. The van der Waals surface area contributed by atoms with Gasteiger partial charge in [0.2, 0.25) is 5.91 Å². The van der Waals surface area contributed by atoms with E-state index in [2.05, 4.69) is 66.5 Å². The minimum atomic E-state index is 0.108. The zero-order valence-corrected chi connectivity index (χ0v) is 14.9. The van der Waals surface area contributed by atoms with Crippen LogP contribution in [-0.2, 0) is 23.7 Å². The molecule has 3 nitrogen and oxygen atoms in total. The maximum absolute atomic E-state index is 12.4. The first kappa shape index (κ1) is 15.9. The molecule has 3 heteroatoms. The summed E-state index contributed by atoms with van der Waals surface area (Å²) in [6, 6.07) is 16.7. The van der Waals surface area contributed by atoms with E-state index in [0.717, 1.165) is 24.9 Å². The summed E-state index contributed by atoms with van der Waals surface area (Å²) >= 11 is 0. The normalized spacial score (nSPS) is 15.3. The first-order chi connectivity index (χ1) is 12.1. The van der Waals surface area contributed by atoms with E-state index in [4.69, 9.17) is 0 Å². The Morgan fingerprint density at radius 3 is 2.72 bits per heavy atom. The first-order valence-corrected chi connectivity index (χ1v) is 8.94. The van der Waals surface area contributed by atoms with Gasteiger partial charge in [-0.3, -0.25) is 4.79 Å². The Morgan fingerprint density at radius 2 is 1.96 bits per heavy atom. The van der Waals surface area contributed by atoms with Gasteiger partial charge in [0, 0.05) is 36.1 Å². The summed E-state index contributed by atoms with van der Waals surface area (Å²) in [4.78, 5) is 12.4. The van der Waals surface area contributed by atoms with E-state index in [0.29, 0.717) is 6.42 Å². The smallest absolute Gasteiger partial charge is 0.224 e. The van der Waals surface area contributed by atoms with Crippen molar-refractivity contribution < 1.29 is 4.79 Å². The van der Waals surface area contributed by atoms with Gasteiger partial charge >= 0.3 is 0 Å². The Morgan fingerprint density at radius 1 is 1.16 bits per heavy atom. The first-order valence-electron chi connectivity index (χ1n) is 8.94. The topological polar surface area (TPSA) is 34.0 Å². The van der Waals surface area contributed by atoms with Gasteiger partial charge in [-0.2, -0.15) is 0 Å². The van der Waals surface area contributed by atoms with E-state index in [1.165, 1.54) is 22.0 Å². The van der Waals surface area contributed by atoms with Gasteiger partial charge in [-0.15, -0.1) is 0 Å². The van der Waals surface area contributed by atoms with Crippen LogP contribution in [0.25, 0.3) is 10.9 Å². The van der Waals surface area contributed by atoms with Crippen LogP contribution >= 0.6 is 0 Å². The van der Waals surface area contributed by atoms with E-state index in [1.54, 1.807) is 0 Å². The molecule has 1 N–H and O–H groups in total. The molecule has 3 aromatic rings. The molecule has 128 valence electrons. The van der Waals surface area contributed by atoms with Crippen LogP contribution in [0.15, 0.2) is 54.7 Å². The zero-order valence-electron chi connectivity index (χ0n) is 14.9. The number of carbonyl (C=O) groups is 1. The predicted octanol–water partition coefficient (Wildman–Crippen LogP) is 3.88. The van der Waals surface area contributed by atoms with Gasteiger partial charge in [0.1, 0.15) is 0 Å². The molecular weight excluding hydrogens is 308 g/mol. The van der Waals surface area contributed by atoms with Gasteiger partial charge in [0.05, 0.1) is 6.42 Å². The van der Waals surface area contributed by atoms with Crippen molar-refractivity contribution in [1.29, 1.82) is 0 Å². The summed E-state index contributed by atoms with van der Waals surface area (Å²) in [6.07, 6.45) is 4.98. The summed E-state index contributed by atoms with van der Waals surface area (Å²) in [5.74, 6) is 0.108. The molecule has 0 bridgehead atoms. The Balaban J connectivity index is 1.48. The lowest BCUT2D eigenvalue weighted by Crippen LogP contribution is -2.33. The molecule has 4 rings (SSSR count). The molecule has 1 saturated carbocycles. The summed E-state index contributed by atoms with van der Waals surface area (Å²) in [6.45, 7) is 2.78. The van der Waals surface area contributed by atoms with E-state index in [9.17, 15) is 4.79 Å². The van der Waals surface area contributed by atoms with Gasteiger partial charge in [-0.25, -0.2) is 0 Å². The molecule has 1 aliphatic rings. The third-order valence-corrected chi connectivity index (χ3v) is 5.39. The van der Waals surface area contributed by atoms with Gasteiger partial charge in [0.25, 0.3) is 0 Å².